The monoisotopic (exact) mass is 253 g/mol. The lowest BCUT2D eigenvalue weighted by molar-refractivity contribution is 0.0613. The van der Waals surface area contributed by atoms with Crippen molar-refractivity contribution in [3.05, 3.63) is 35.4 Å². The van der Waals surface area contributed by atoms with Crippen molar-refractivity contribution in [1.82, 2.24) is 4.90 Å². The topological polar surface area (TPSA) is 20.3 Å². The van der Waals surface area contributed by atoms with E-state index in [4.69, 9.17) is 0 Å². The third-order valence-corrected chi connectivity index (χ3v) is 3.33. The normalized spacial score (nSPS) is 24.1. The lowest BCUT2D eigenvalue weighted by atomic mass is 9.91. The van der Waals surface area contributed by atoms with E-state index in [0.29, 0.717) is 24.9 Å². The van der Waals surface area contributed by atoms with E-state index in [2.05, 4.69) is 0 Å². The predicted octanol–water partition coefficient (Wildman–Crippen LogP) is 3.08. The van der Waals surface area contributed by atoms with Crippen LogP contribution in [0.4, 0.5) is 8.78 Å². The fraction of sp³-hybridized carbons (Fsp3) is 0.500. The Morgan fingerprint density at radius 1 is 1.17 bits per heavy atom. The minimum absolute atomic E-state index is 0.368. The maximum Gasteiger partial charge on any atom is 0.259 e. The second kappa shape index (κ2) is 5.04. The van der Waals surface area contributed by atoms with E-state index < -0.39 is 23.1 Å². The number of carbonyl (C=O) groups is 1. The Morgan fingerprint density at radius 3 is 2.17 bits per heavy atom. The van der Waals surface area contributed by atoms with Crippen LogP contribution >= 0.6 is 0 Å². The SMILES string of the molecule is C[C@H]1C[C@H](C)CN(C(=O)c2c(F)cccc2F)C1. The van der Waals surface area contributed by atoms with Gasteiger partial charge < -0.3 is 4.90 Å². The molecule has 0 aromatic heterocycles. The Hall–Kier alpha value is -1.45. The van der Waals surface area contributed by atoms with Gasteiger partial charge >= 0.3 is 0 Å². The van der Waals surface area contributed by atoms with Crippen LogP contribution in [0.1, 0.15) is 30.6 Å². The molecule has 1 aromatic carbocycles. The van der Waals surface area contributed by atoms with Crippen molar-refractivity contribution in [2.45, 2.75) is 20.3 Å². The van der Waals surface area contributed by atoms with Gasteiger partial charge in [0, 0.05) is 13.1 Å². The molecule has 1 aliphatic rings. The van der Waals surface area contributed by atoms with Crippen molar-refractivity contribution in [2.75, 3.05) is 13.1 Å². The largest absolute Gasteiger partial charge is 0.338 e. The van der Waals surface area contributed by atoms with Crippen LogP contribution in [0.15, 0.2) is 18.2 Å². The van der Waals surface area contributed by atoms with Crippen LogP contribution in [0.5, 0.6) is 0 Å². The van der Waals surface area contributed by atoms with Crippen LogP contribution in [-0.4, -0.2) is 23.9 Å². The molecule has 2 atom stereocenters. The highest BCUT2D eigenvalue weighted by atomic mass is 19.1. The fourth-order valence-corrected chi connectivity index (χ4v) is 2.69. The summed E-state index contributed by atoms with van der Waals surface area (Å²) in [6.45, 7) is 5.23. The van der Waals surface area contributed by atoms with Crippen LogP contribution in [0.2, 0.25) is 0 Å². The molecular weight excluding hydrogens is 236 g/mol. The van der Waals surface area contributed by atoms with Crippen molar-refractivity contribution in [3.8, 4) is 0 Å². The van der Waals surface area contributed by atoms with Gasteiger partial charge in [0.05, 0.1) is 0 Å². The number of hydrogen-bond acceptors (Lipinski definition) is 1. The zero-order valence-electron chi connectivity index (χ0n) is 10.6. The molecule has 2 nitrogen and oxygen atoms in total. The van der Waals surface area contributed by atoms with Crippen LogP contribution in [-0.2, 0) is 0 Å². The van der Waals surface area contributed by atoms with Crippen molar-refractivity contribution >= 4 is 5.91 Å². The second-order valence-electron chi connectivity index (χ2n) is 5.25. The first-order valence-corrected chi connectivity index (χ1v) is 6.22. The van der Waals surface area contributed by atoms with E-state index in [1.54, 1.807) is 4.90 Å². The van der Waals surface area contributed by atoms with E-state index in [1.807, 2.05) is 13.8 Å². The van der Waals surface area contributed by atoms with Gasteiger partial charge in [-0.2, -0.15) is 0 Å². The van der Waals surface area contributed by atoms with E-state index in [9.17, 15) is 13.6 Å². The molecule has 0 spiro atoms. The van der Waals surface area contributed by atoms with Gasteiger partial charge in [0.25, 0.3) is 5.91 Å². The average molecular weight is 253 g/mol. The summed E-state index contributed by atoms with van der Waals surface area (Å²) in [7, 11) is 0. The van der Waals surface area contributed by atoms with Crippen LogP contribution in [0.25, 0.3) is 0 Å². The van der Waals surface area contributed by atoms with Crippen molar-refractivity contribution in [3.63, 3.8) is 0 Å². The highest BCUT2D eigenvalue weighted by Crippen LogP contribution is 2.24. The molecule has 0 N–H and O–H groups in total. The smallest absolute Gasteiger partial charge is 0.259 e. The van der Waals surface area contributed by atoms with Gasteiger partial charge in [0.1, 0.15) is 17.2 Å². The number of rotatable bonds is 1. The van der Waals surface area contributed by atoms with Gasteiger partial charge in [-0.25, -0.2) is 8.78 Å². The number of carbonyl (C=O) groups excluding carboxylic acids is 1. The molecule has 1 aromatic rings. The van der Waals surface area contributed by atoms with Crippen molar-refractivity contribution in [2.24, 2.45) is 11.8 Å². The number of amides is 1. The standard InChI is InChI=1S/C14H17F2NO/c1-9-6-10(2)8-17(7-9)14(18)13-11(15)4-3-5-12(13)16/h3-5,9-10H,6-8H2,1-2H3/t9-,10-/m0/s1. The summed E-state index contributed by atoms with van der Waals surface area (Å²) in [5, 5.41) is 0. The molecule has 0 saturated carbocycles. The third-order valence-electron chi connectivity index (χ3n) is 3.33. The summed E-state index contributed by atoms with van der Waals surface area (Å²) < 4.78 is 27.1. The van der Waals surface area contributed by atoms with Gasteiger partial charge in [-0.3, -0.25) is 4.79 Å². The lowest BCUT2D eigenvalue weighted by Gasteiger charge is -2.35. The molecule has 4 heteroatoms. The lowest BCUT2D eigenvalue weighted by Crippen LogP contribution is -2.43. The molecular formula is C14H17F2NO. The fourth-order valence-electron chi connectivity index (χ4n) is 2.69. The average Bonchev–Trinajstić information content (AvgIpc) is 2.27. The number of piperidine rings is 1. The Labute approximate surface area is 106 Å². The quantitative estimate of drug-likeness (QED) is 0.753. The number of halogens is 2. The third kappa shape index (κ3) is 2.52. The molecule has 1 fully saturated rings. The Kier molecular flexibility index (Phi) is 3.64. The molecule has 0 radical (unpaired) electrons. The molecule has 1 heterocycles. The molecule has 98 valence electrons. The van der Waals surface area contributed by atoms with Gasteiger partial charge in [0.2, 0.25) is 0 Å². The summed E-state index contributed by atoms with van der Waals surface area (Å²) in [5.41, 5.74) is -0.432. The van der Waals surface area contributed by atoms with Gasteiger partial charge in [-0.05, 0) is 30.4 Å². The Morgan fingerprint density at radius 2 is 1.67 bits per heavy atom. The van der Waals surface area contributed by atoms with Crippen LogP contribution in [0.3, 0.4) is 0 Å². The van der Waals surface area contributed by atoms with Gasteiger partial charge in [-0.1, -0.05) is 19.9 Å². The second-order valence-corrected chi connectivity index (χ2v) is 5.25. The first-order valence-electron chi connectivity index (χ1n) is 6.22. The summed E-state index contributed by atoms with van der Waals surface area (Å²) in [6.07, 6.45) is 1.05. The van der Waals surface area contributed by atoms with E-state index >= 15 is 0 Å². The van der Waals surface area contributed by atoms with Crippen LogP contribution in [0, 0.1) is 23.5 Å². The number of nitrogens with zero attached hydrogens (tertiary/aromatic N) is 1. The van der Waals surface area contributed by atoms with E-state index in [1.165, 1.54) is 6.07 Å². The maximum absolute atomic E-state index is 13.6. The minimum atomic E-state index is -0.786. The highest BCUT2D eigenvalue weighted by molar-refractivity contribution is 5.94. The molecule has 0 aliphatic carbocycles. The first kappa shape index (κ1) is 13.0. The molecule has 18 heavy (non-hydrogen) atoms. The Bertz CT molecular complexity index is 431. The van der Waals surface area contributed by atoms with E-state index in [-0.39, 0.29) is 0 Å². The number of hydrogen-bond donors (Lipinski definition) is 0. The molecule has 0 bridgehead atoms. The minimum Gasteiger partial charge on any atom is -0.338 e. The van der Waals surface area contributed by atoms with E-state index in [0.717, 1.165) is 18.6 Å². The van der Waals surface area contributed by atoms with Gasteiger partial charge in [0.15, 0.2) is 0 Å². The highest BCUT2D eigenvalue weighted by Gasteiger charge is 2.29. The molecule has 1 amide bonds. The summed E-state index contributed by atoms with van der Waals surface area (Å²) in [6, 6.07) is 3.50. The molecule has 0 unspecified atom stereocenters. The first-order chi connectivity index (χ1) is 8.49. The predicted molar refractivity (Wildman–Crippen MR) is 65.2 cm³/mol. The van der Waals surface area contributed by atoms with Crippen molar-refractivity contribution < 1.29 is 13.6 Å². The van der Waals surface area contributed by atoms with Crippen LogP contribution < -0.4 is 0 Å². The number of likely N-dealkylation sites (tertiary alicyclic amines) is 1. The molecule has 2 rings (SSSR count). The Balaban J connectivity index is 2.26. The maximum atomic E-state index is 13.6. The summed E-state index contributed by atoms with van der Waals surface area (Å²) in [5.74, 6) is -1.37. The number of benzene rings is 1. The molecule has 1 aliphatic heterocycles. The zero-order valence-corrected chi connectivity index (χ0v) is 10.6. The van der Waals surface area contributed by atoms with Gasteiger partial charge in [-0.15, -0.1) is 0 Å². The zero-order chi connectivity index (χ0) is 13.3. The molecule has 1 saturated heterocycles. The summed E-state index contributed by atoms with van der Waals surface area (Å²) >= 11 is 0. The van der Waals surface area contributed by atoms with Crippen molar-refractivity contribution in [1.29, 1.82) is 0 Å². The summed E-state index contributed by atoms with van der Waals surface area (Å²) in [4.78, 5) is 13.7.